The third kappa shape index (κ3) is 9.48. The number of rotatable bonds is 12. The first-order valence-corrected chi connectivity index (χ1v) is 11.7. The Morgan fingerprint density at radius 2 is 1.14 bits per heavy atom. The molecule has 0 saturated heterocycles. The molecular formula is C28H29N3O6. The van der Waals surface area contributed by atoms with E-state index >= 15 is 0 Å². The smallest absolute Gasteiger partial charge is 0.408 e. The van der Waals surface area contributed by atoms with Crippen molar-refractivity contribution in [3.8, 4) is 0 Å². The molecule has 0 unspecified atom stereocenters. The van der Waals surface area contributed by atoms with Crippen LogP contribution in [0.2, 0.25) is 0 Å². The van der Waals surface area contributed by atoms with Gasteiger partial charge in [0.05, 0.1) is 6.42 Å². The van der Waals surface area contributed by atoms with Gasteiger partial charge in [-0.2, -0.15) is 0 Å². The molecule has 4 N–H and O–H groups in total. The normalized spacial score (nSPS) is 12.0. The highest BCUT2D eigenvalue weighted by atomic mass is 16.5. The van der Waals surface area contributed by atoms with Crippen molar-refractivity contribution in [1.82, 2.24) is 10.6 Å². The number of hydrogen-bond donors (Lipinski definition) is 3. The van der Waals surface area contributed by atoms with E-state index in [1.165, 1.54) is 0 Å². The van der Waals surface area contributed by atoms with Crippen molar-refractivity contribution in [3.05, 3.63) is 108 Å². The summed E-state index contributed by atoms with van der Waals surface area (Å²) < 4.78 is 10.5. The molecule has 0 aliphatic carbocycles. The van der Waals surface area contributed by atoms with E-state index in [9.17, 15) is 19.2 Å². The lowest BCUT2D eigenvalue weighted by molar-refractivity contribution is -0.147. The van der Waals surface area contributed by atoms with Gasteiger partial charge in [0.1, 0.15) is 25.3 Å². The first-order chi connectivity index (χ1) is 17.9. The van der Waals surface area contributed by atoms with E-state index in [-0.39, 0.29) is 19.6 Å². The maximum Gasteiger partial charge on any atom is 0.408 e. The summed E-state index contributed by atoms with van der Waals surface area (Å²) in [5.74, 6) is -2.24. The number of hydrogen-bond acceptors (Lipinski definition) is 6. The van der Waals surface area contributed by atoms with Gasteiger partial charge < -0.3 is 25.8 Å². The van der Waals surface area contributed by atoms with Gasteiger partial charge in [-0.1, -0.05) is 91.0 Å². The van der Waals surface area contributed by atoms with Crippen LogP contribution in [-0.4, -0.2) is 36.0 Å². The molecule has 3 aromatic carbocycles. The molecule has 9 heteroatoms. The zero-order valence-corrected chi connectivity index (χ0v) is 20.2. The molecule has 0 fully saturated rings. The Kier molecular flexibility index (Phi) is 10.2. The first kappa shape index (κ1) is 26.9. The number of carbonyl (C=O) groups excluding carboxylic acids is 4. The van der Waals surface area contributed by atoms with Crippen LogP contribution >= 0.6 is 0 Å². The van der Waals surface area contributed by atoms with Crippen molar-refractivity contribution in [1.29, 1.82) is 0 Å². The molecule has 0 radical (unpaired) electrons. The Morgan fingerprint density at radius 3 is 1.65 bits per heavy atom. The van der Waals surface area contributed by atoms with Gasteiger partial charge in [0.25, 0.3) is 0 Å². The molecule has 2 atom stereocenters. The van der Waals surface area contributed by atoms with Crippen LogP contribution < -0.4 is 16.4 Å². The first-order valence-electron chi connectivity index (χ1n) is 11.7. The third-order valence-corrected chi connectivity index (χ3v) is 5.38. The van der Waals surface area contributed by atoms with Crippen LogP contribution in [0.4, 0.5) is 4.79 Å². The average molecular weight is 504 g/mol. The number of nitrogens with two attached hydrogens (primary N) is 1. The van der Waals surface area contributed by atoms with Crippen LogP contribution in [0.15, 0.2) is 91.0 Å². The van der Waals surface area contributed by atoms with Crippen LogP contribution in [0, 0.1) is 0 Å². The number of primary amides is 1. The van der Waals surface area contributed by atoms with Crippen LogP contribution in [0.5, 0.6) is 0 Å². The van der Waals surface area contributed by atoms with Gasteiger partial charge in [0, 0.05) is 6.42 Å². The molecule has 0 spiro atoms. The fourth-order valence-corrected chi connectivity index (χ4v) is 3.42. The molecular weight excluding hydrogens is 474 g/mol. The second kappa shape index (κ2) is 14.0. The SMILES string of the molecule is NC(=O)[C@H](Cc1ccccc1)NC(=O)[C@@H](CC(=O)OCc1ccccc1)NC(=O)OCc1ccccc1. The van der Waals surface area contributed by atoms with Crippen molar-refractivity contribution < 1.29 is 28.7 Å². The molecule has 192 valence electrons. The predicted molar refractivity (Wildman–Crippen MR) is 136 cm³/mol. The van der Waals surface area contributed by atoms with Gasteiger partial charge in [0.15, 0.2) is 0 Å². The molecule has 3 amide bonds. The second-order valence-corrected chi connectivity index (χ2v) is 8.26. The number of nitrogens with one attached hydrogen (secondary N) is 2. The molecule has 0 aliphatic rings. The minimum Gasteiger partial charge on any atom is -0.461 e. The fourth-order valence-electron chi connectivity index (χ4n) is 3.42. The molecule has 3 rings (SSSR count). The van der Waals surface area contributed by atoms with E-state index in [0.717, 1.165) is 16.7 Å². The topological polar surface area (TPSA) is 137 Å². The van der Waals surface area contributed by atoms with Crippen LogP contribution in [0.3, 0.4) is 0 Å². The lowest BCUT2D eigenvalue weighted by Crippen LogP contribution is -2.54. The Morgan fingerprint density at radius 1 is 0.649 bits per heavy atom. The van der Waals surface area contributed by atoms with Gasteiger partial charge in [0.2, 0.25) is 11.8 Å². The lowest BCUT2D eigenvalue weighted by atomic mass is 10.0. The van der Waals surface area contributed by atoms with Crippen LogP contribution in [-0.2, 0) is 43.5 Å². The Balaban J connectivity index is 1.65. The number of esters is 1. The Hall–Kier alpha value is -4.66. The van der Waals surface area contributed by atoms with Gasteiger partial charge in [-0.15, -0.1) is 0 Å². The van der Waals surface area contributed by atoms with E-state index in [2.05, 4.69) is 10.6 Å². The van der Waals surface area contributed by atoms with Gasteiger partial charge >= 0.3 is 12.1 Å². The Labute approximate surface area is 215 Å². The van der Waals surface area contributed by atoms with E-state index in [4.69, 9.17) is 15.2 Å². The van der Waals surface area contributed by atoms with Crippen molar-refractivity contribution in [2.75, 3.05) is 0 Å². The highest BCUT2D eigenvalue weighted by molar-refractivity contribution is 5.93. The summed E-state index contributed by atoms with van der Waals surface area (Å²) in [5.41, 5.74) is 7.80. The number of alkyl carbamates (subject to hydrolysis) is 1. The van der Waals surface area contributed by atoms with Crippen LogP contribution in [0.25, 0.3) is 0 Å². The van der Waals surface area contributed by atoms with E-state index in [1.54, 1.807) is 72.8 Å². The van der Waals surface area contributed by atoms with E-state index < -0.39 is 42.4 Å². The summed E-state index contributed by atoms with van der Waals surface area (Å²) in [6, 6.07) is 24.6. The maximum atomic E-state index is 13.1. The molecule has 0 heterocycles. The van der Waals surface area contributed by atoms with Crippen molar-refractivity contribution in [3.63, 3.8) is 0 Å². The van der Waals surface area contributed by atoms with Gasteiger partial charge in [-0.25, -0.2) is 4.79 Å². The van der Waals surface area contributed by atoms with E-state index in [1.807, 2.05) is 18.2 Å². The second-order valence-electron chi connectivity index (χ2n) is 8.26. The molecule has 0 aromatic heterocycles. The lowest BCUT2D eigenvalue weighted by Gasteiger charge is -2.21. The monoisotopic (exact) mass is 503 g/mol. The minimum atomic E-state index is -1.36. The summed E-state index contributed by atoms with van der Waals surface area (Å²) in [6.07, 6.45) is -1.24. The summed E-state index contributed by atoms with van der Waals surface area (Å²) >= 11 is 0. The number of amides is 3. The average Bonchev–Trinajstić information content (AvgIpc) is 2.91. The largest absolute Gasteiger partial charge is 0.461 e. The molecule has 3 aromatic rings. The number of carbonyl (C=O) groups is 4. The predicted octanol–water partition coefficient (Wildman–Crippen LogP) is 2.63. The number of ether oxygens (including phenoxy) is 2. The van der Waals surface area contributed by atoms with Crippen molar-refractivity contribution in [2.45, 2.75) is 38.1 Å². The van der Waals surface area contributed by atoms with Gasteiger partial charge in [-0.3, -0.25) is 14.4 Å². The standard InChI is InChI=1S/C28H29N3O6/c29-26(33)23(16-20-10-4-1-5-11-20)30-27(34)24(17-25(32)36-18-21-12-6-2-7-13-21)31-28(35)37-19-22-14-8-3-9-15-22/h1-15,23-24H,16-19H2,(H2,29,33)(H,30,34)(H,31,35)/t23-,24+/m0/s1. The fraction of sp³-hybridized carbons (Fsp3) is 0.214. The van der Waals surface area contributed by atoms with E-state index in [0.29, 0.717) is 0 Å². The maximum absolute atomic E-state index is 13.1. The Bertz CT molecular complexity index is 1110. The highest BCUT2D eigenvalue weighted by Crippen LogP contribution is 2.07. The zero-order chi connectivity index (χ0) is 26.5. The van der Waals surface area contributed by atoms with Crippen molar-refractivity contribution >= 4 is 23.9 Å². The van der Waals surface area contributed by atoms with Crippen molar-refractivity contribution in [2.24, 2.45) is 5.73 Å². The minimum absolute atomic E-state index is 0.00435. The molecule has 37 heavy (non-hydrogen) atoms. The highest BCUT2D eigenvalue weighted by Gasteiger charge is 2.29. The van der Waals surface area contributed by atoms with Gasteiger partial charge in [-0.05, 0) is 16.7 Å². The number of benzene rings is 3. The molecule has 0 saturated carbocycles. The quantitative estimate of drug-likeness (QED) is 0.325. The molecule has 9 nitrogen and oxygen atoms in total. The third-order valence-electron chi connectivity index (χ3n) is 5.38. The summed E-state index contributed by atoms with van der Waals surface area (Å²) in [7, 11) is 0. The van der Waals surface area contributed by atoms with Crippen LogP contribution in [0.1, 0.15) is 23.1 Å². The summed E-state index contributed by atoms with van der Waals surface area (Å²) in [5, 5.41) is 4.93. The molecule has 0 bridgehead atoms. The zero-order valence-electron chi connectivity index (χ0n) is 20.2. The summed E-state index contributed by atoms with van der Waals surface area (Å²) in [6.45, 7) is -0.0260. The summed E-state index contributed by atoms with van der Waals surface area (Å²) in [4.78, 5) is 50.1. The molecule has 0 aliphatic heterocycles.